The fourth-order valence-electron chi connectivity index (χ4n) is 2.65. The van der Waals surface area contributed by atoms with Gasteiger partial charge in [0.1, 0.15) is 0 Å². The zero-order chi connectivity index (χ0) is 17.8. The molecule has 0 atom stereocenters. The lowest BCUT2D eigenvalue weighted by molar-refractivity contribution is 0.262. The van der Waals surface area contributed by atoms with Gasteiger partial charge in [-0.1, -0.05) is 18.9 Å². The summed E-state index contributed by atoms with van der Waals surface area (Å²) in [5, 5.41) is 8.78. The molecule has 6 heteroatoms. The molecule has 0 aliphatic heterocycles. The van der Waals surface area contributed by atoms with E-state index in [1.807, 2.05) is 17.7 Å². The third kappa shape index (κ3) is 3.56. The number of aromatic nitrogens is 2. The van der Waals surface area contributed by atoms with Crippen molar-refractivity contribution in [3.8, 4) is 12.3 Å². The highest BCUT2D eigenvalue weighted by Gasteiger charge is 2.09. The van der Waals surface area contributed by atoms with Crippen LogP contribution in [0.3, 0.4) is 0 Å². The van der Waals surface area contributed by atoms with E-state index in [2.05, 4.69) is 21.7 Å². The first kappa shape index (κ1) is 16.4. The van der Waals surface area contributed by atoms with Crippen LogP contribution < -0.4 is 16.2 Å². The lowest BCUT2D eigenvalue weighted by Gasteiger charge is -2.08. The number of carbonyl (C=O) groups excluding carboxylic acids is 1. The van der Waals surface area contributed by atoms with Crippen LogP contribution in [0.15, 0.2) is 47.3 Å². The maximum atomic E-state index is 12.1. The smallest absolute Gasteiger partial charge is 0.308 e. The number of terminal acetylenes is 1. The molecule has 6 nitrogen and oxygen atoms in total. The van der Waals surface area contributed by atoms with Crippen molar-refractivity contribution in [1.29, 1.82) is 0 Å². The van der Waals surface area contributed by atoms with Crippen LogP contribution in [0, 0.1) is 12.3 Å². The van der Waals surface area contributed by atoms with Crippen molar-refractivity contribution < 1.29 is 4.79 Å². The molecule has 0 bridgehead atoms. The van der Waals surface area contributed by atoms with Crippen molar-refractivity contribution in [2.45, 2.75) is 19.9 Å². The predicted octanol–water partition coefficient (Wildman–Crippen LogP) is 3.36. The van der Waals surface area contributed by atoms with Crippen LogP contribution in [0.25, 0.3) is 10.9 Å². The van der Waals surface area contributed by atoms with Crippen molar-refractivity contribution >= 4 is 28.3 Å². The Morgan fingerprint density at radius 3 is 2.68 bits per heavy atom. The van der Waals surface area contributed by atoms with Crippen LogP contribution in [0.4, 0.5) is 16.2 Å². The lowest BCUT2D eigenvalue weighted by atomic mass is 10.2. The number of aromatic amines is 1. The van der Waals surface area contributed by atoms with Gasteiger partial charge in [0.15, 0.2) is 0 Å². The highest BCUT2D eigenvalue weighted by atomic mass is 16.2. The van der Waals surface area contributed by atoms with E-state index >= 15 is 0 Å². The number of nitrogens with one attached hydrogen (secondary N) is 3. The number of rotatable bonds is 4. The molecule has 25 heavy (non-hydrogen) atoms. The summed E-state index contributed by atoms with van der Waals surface area (Å²) in [5.41, 5.74) is 2.47. The van der Waals surface area contributed by atoms with Gasteiger partial charge < -0.3 is 10.6 Å². The molecule has 3 N–H and O–H groups in total. The molecule has 1 aromatic heterocycles. The van der Waals surface area contributed by atoms with Crippen molar-refractivity contribution in [3.05, 3.63) is 58.4 Å². The van der Waals surface area contributed by atoms with Gasteiger partial charge in [0, 0.05) is 23.5 Å². The van der Waals surface area contributed by atoms with Gasteiger partial charge in [-0.3, -0.25) is 14.6 Å². The second-order valence-electron chi connectivity index (χ2n) is 5.63. The molecule has 0 radical (unpaired) electrons. The van der Waals surface area contributed by atoms with E-state index in [0.29, 0.717) is 22.3 Å². The van der Waals surface area contributed by atoms with Gasteiger partial charge in [-0.25, -0.2) is 4.79 Å². The molecule has 3 rings (SSSR count). The summed E-state index contributed by atoms with van der Waals surface area (Å²) in [5.74, 6) is 2.52. The molecule has 0 fully saturated rings. The van der Waals surface area contributed by atoms with Crippen LogP contribution in [-0.2, 0) is 6.54 Å². The number of anilines is 2. The summed E-state index contributed by atoms with van der Waals surface area (Å²) in [6.07, 6.45) is 6.27. The van der Waals surface area contributed by atoms with Crippen molar-refractivity contribution in [2.24, 2.45) is 0 Å². The second kappa shape index (κ2) is 6.97. The highest BCUT2D eigenvalue weighted by Crippen LogP contribution is 2.17. The van der Waals surface area contributed by atoms with Crippen LogP contribution in [0.2, 0.25) is 0 Å². The zero-order valence-corrected chi connectivity index (χ0v) is 13.8. The summed E-state index contributed by atoms with van der Waals surface area (Å²) in [7, 11) is 0. The van der Waals surface area contributed by atoms with E-state index in [1.165, 1.54) is 0 Å². The van der Waals surface area contributed by atoms with E-state index < -0.39 is 6.03 Å². The molecule has 0 unspecified atom stereocenters. The standard InChI is InChI=1S/C19H18N4O2/c1-3-10-23-17-9-8-15(12-16(17)18(24)22-23)21-19(25)20-14-7-5-6-13(4-2)11-14/h2,5-9,11-12H,3,10H2,1H3,(H,22,24)(H2,20,21,25). The van der Waals surface area contributed by atoms with Gasteiger partial charge in [0.25, 0.3) is 5.56 Å². The molecule has 126 valence electrons. The Balaban J connectivity index is 1.78. The SMILES string of the molecule is C#Cc1cccc(NC(=O)Nc2ccc3c(c2)c(=O)[nH]n3CCC)c1. The molecule has 1 heterocycles. The average molecular weight is 334 g/mol. The van der Waals surface area contributed by atoms with Crippen LogP contribution >= 0.6 is 0 Å². The van der Waals surface area contributed by atoms with Crippen LogP contribution in [0.1, 0.15) is 18.9 Å². The molecule has 2 aromatic carbocycles. The molecule has 2 amide bonds. The third-order valence-corrected chi connectivity index (χ3v) is 3.76. The van der Waals surface area contributed by atoms with Gasteiger partial charge in [0.05, 0.1) is 10.9 Å². The molecular formula is C19H18N4O2. The van der Waals surface area contributed by atoms with E-state index in [-0.39, 0.29) is 5.56 Å². The van der Waals surface area contributed by atoms with E-state index in [4.69, 9.17) is 6.42 Å². The third-order valence-electron chi connectivity index (χ3n) is 3.76. The largest absolute Gasteiger partial charge is 0.323 e. The Kier molecular flexibility index (Phi) is 4.57. The number of fused-ring (bicyclic) bond motifs is 1. The summed E-state index contributed by atoms with van der Waals surface area (Å²) in [4.78, 5) is 24.2. The first-order valence-electron chi connectivity index (χ1n) is 7.98. The minimum absolute atomic E-state index is 0.172. The van der Waals surface area contributed by atoms with Crippen molar-refractivity contribution in [1.82, 2.24) is 9.78 Å². The van der Waals surface area contributed by atoms with Gasteiger partial charge in [-0.05, 0) is 42.8 Å². The van der Waals surface area contributed by atoms with Crippen molar-refractivity contribution in [3.63, 3.8) is 0 Å². The number of aryl methyl sites for hydroxylation is 1. The van der Waals surface area contributed by atoms with Gasteiger partial charge in [-0.15, -0.1) is 6.42 Å². The molecule has 0 spiro atoms. The number of benzene rings is 2. The Labute approximate surface area is 144 Å². The molecule has 0 aliphatic rings. The number of urea groups is 1. The van der Waals surface area contributed by atoms with Crippen LogP contribution in [-0.4, -0.2) is 15.8 Å². The van der Waals surface area contributed by atoms with Crippen molar-refractivity contribution in [2.75, 3.05) is 10.6 Å². The summed E-state index contributed by atoms with van der Waals surface area (Å²) in [6, 6.07) is 11.8. The lowest BCUT2D eigenvalue weighted by Crippen LogP contribution is -2.19. The highest BCUT2D eigenvalue weighted by molar-refractivity contribution is 6.01. The molecule has 0 saturated carbocycles. The normalized spacial score (nSPS) is 10.4. The average Bonchev–Trinajstić information content (AvgIpc) is 2.91. The van der Waals surface area contributed by atoms with Gasteiger partial charge >= 0.3 is 6.03 Å². The first-order valence-corrected chi connectivity index (χ1v) is 7.98. The fraction of sp³-hybridized carbons (Fsp3) is 0.158. The topological polar surface area (TPSA) is 78.9 Å². The number of H-pyrrole nitrogens is 1. The maximum Gasteiger partial charge on any atom is 0.323 e. The Hall–Kier alpha value is -3.46. The first-order chi connectivity index (χ1) is 12.1. The zero-order valence-electron chi connectivity index (χ0n) is 13.8. The summed E-state index contributed by atoms with van der Waals surface area (Å²) >= 11 is 0. The van der Waals surface area contributed by atoms with E-state index in [1.54, 1.807) is 36.4 Å². The van der Waals surface area contributed by atoms with E-state index in [0.717, 1.165) is 18.5 Å². The number of amides is 2. The fourth-order valence-corrected chi connectivity index (χ4v) is 2.65. The number of hydrogen-bond acceptors (Lipinski definition) is 2. The van der Waals surface area contributed by atoms with Gasteiger partial charge in [-0.2, -0.15) is 0 Å². The predicted molar refractivity (Wildman–Crippen MR) is 99.9 cm³/mol. The second-order valence-corrected chi connectivity index (χ2v) is 5.63. The van der Waals surface area contributed by atoms with Crippen LogP contribution in [0.5, 0.6) is 0 Å². The molecular weight excluding hydrogens is 316 g/mol. The van der Waals surface area contributed by atoms with E-state index in [9.17, 15) is 9.59 Å². The maximum absolute atomic E-state index is 12.1. The number of nitrogens with zero attached hydrogens (tertiary/aromatic N) is 1. The van der Waals surface area contributed by atoms with Gasteiger partial charge in [0.2, 0.25) is 0 Å². The Morgan fingerprint density at radius 2 is 1.96 bits per heavy atom. The summed E-state index contributed by atoms with van der Waals surface area (Å²) < 4.78 is 1.81. The minimum atomic E-state index is -0.405. The molecule has 0 saturated heterocycles. The summed E-state index contributed by atoms with van der Waals surface area (Å²) in [6.45, 7) is 2.77. The monoisotopic (exact) mass is 334 g/mol. The molecule has 0 aliphatic carbocycles. The Bertz CT molecular complexity index is 1020. The Morgan fingerprint density at radius 1 is 1.20 bits per heavy atom. The number of hydrogen-bond donors (Lipinski definition) is 3. The molecule has 3 aromatic rings. The minimum Gasteiger partial charge on any atom is -0.308 e. The quantitative estimate of drug-likeness (QED) is 0.640. The number of carbonyl (C=O) groups is 1.